The van der Waals surface area contributed by atoms with Gasteiger partial charge in [0.2, 0.25) is 0 Å². The molecule has 1 fully saturated rings. The van der Waals surface area contributed by atoms with Crippen LogP contribution in [0.1, 0.15) is 51.2 Å². The number of rotatable bonds is 4. The van der Waals surface area contributed by atoms with Gasteiger partial charge in [0.1, 0.15) is 11.6 Å². The van der Waals surface area contributed by atoms with Gasteiger partial charge in [-0.3, -0.25) is 4.90 Å². The first kappa shape index (κ1) is 15.0. The van der Waals surface area contributed by atoms with E-state index in [1.54, 1.807) is 0 Å². The number of hydrogen-bond acceptors (Lipinski definition) is 4. The fraction of sp³-hybridized carbons (Fsp3) is 0.875. The number of nitrogens with zero attached hydrogens (tertiary/aromatic N) is 4. The summed E-state index contributed by atoms with van der Waals surface area (Å²) < 4.78 is 2.28. The van der Waals surface area contributed by atoms with Crippen LogP contribution < -0.4 is 0 Å². The van der Waals surface area contributed by atoms with Crippen molar-refractivity contribution in [2.75, 3.05) is 13.2 Å². The van der Waals surface area contributed by atoms with E-state index in [9.17, 15) is 5.11 Å². The zero-order chi connectivity index (χ0) is 14.8. The van der Waals surface area contributed by atoms with Crippen LogP contribution in [0, 0.1) is 5.92 Å². The molecule has 0 aliphatic carbocycles. The summed E-state index contributed by atoms with van der Waals surface area (Å²) in [6, 6.07) is 1.20. The molecule has 1 aromatic rings. The third kappa shape index (κ3) is 3.14. The predicted molar refractivity (Wildman–Crippen MR) is 82.1 cm³/mol. The summed E-state index contributed by atoms with van der Waals surface area (Å²) in [7, 11) is 0. The summed E-state index contributed by atoms with van der Waals surface area (Å²) >= 11 is 0. The molecule has 1 N–H and O–H groups in total. The second-order valence-corrected chi connectivity index (χ2v) is 6.92. The minimum atomic E-state index is 0.276. The van der Waals surface area contributed by atoms with Crippen molar-refractivity contribution in [1.29, 1.82) is 0 Å². The Bertz CT molecular complexity index is 471. The van der Waals surface area contributed by atoms with Gasteiger partial charge in [-0.25, -0.2) is 0 Å². The average molecular weight is 292 g/mol. The van der Waals surface area contributed by atoms with Crippen molar-refractivity contribution in [3.8, 4) is 0 Å². The second-order valence-electron chi connectivity index (χ2n) is 6.92. The summed E-state index contributed by atoms with van der Waals surface area (Å²) in [6.07, 6.45) is 6.91. The Morgan fingerprint density at radius 1 is 1.24 bits per heavy atom. The molecule has 2 aliphatic heterocycles. The van der Waals surface area contributed by atoms with E-state index in [4.69, 9.17) is 0 Å². The van der Waals surface area contributed by atoms with Crippen molar-refractivity contribution in [2.45, 2.75) is 71.0 Å². The normalized spacial score (nSPS) is 27.0. The lowest BCUT2D eigenvalue weighted by Crippen LogP contribution is -2.45. The molecule has 0 spiro atoms. The third-order valence-electron chi connectivity index (χ3n) is 5.13. The summed E-state index contributed by atoms with van der Waals surface area (Å²) in [6.45, 7) is 6.96. The molecule has 2 atom stereocenters. The molecule has 0 aromatic carbocycles. The third-order valence-corrected chi connectivity index (χ3v) is 5.13. The SMILES string of the molecule is CC(C)N1CCCCC1Cc1nnc2n1CC(CO)CC2. The smallest absolute Gasteiger partial charge is 0.134 e. The molecule has 1 aromatic heterocycles. The molecular weight excluding hydrogens is 264 g/mol. The zero-order valence-electron chi connectivity index (χ0n) is 13.3. The Kier molecular flexibility index (Phi) is 4.60. The number of hydrogen-bond donors (Lipinski definition) is 1. The highest BCUT2D eigenvalue weighted by Gasteiger charge is 2.28. The molecular formula is C16H28N4O. The lowest BCUT2D eigenvalue weighted by atomic mass is 9.96. The van der Waals surface area contributed by atoms with Crippen LogP contribution in [0.15, 0.2) is 0 Å². The number of likely N-dealkylation sites (tertiary alicyclic amines) is 1. The van der Waals surface area contributed by atoms with Crippen LogP contribution in [0.4, 0.5) is 0 Å². The molecule has 5 nitrogen and oxygen atoms in total. The van der Waals surface area contributed by atoms with E-state index in [0.717, 1.165) is 37.5 Å². The summed E-state index contributed by atoms with van der Waals surface area (Å²) in [4.78, 5) is 2.62. The van der Waals surface area contributed by atoms with E-state index in [-0.39, 0.29) is 6.61 Å². The second kappa shape index (κ2) is 6.44. The molecule has 5 heteroatoms. The van der Waals surface area contributed by atoms with Crippen LogP contribution in [0.2, 0.25) is 0 Å². The molecule has 0 bridgehead atoms. The Hall–Kier alpha value is -0.940. The molecule has 2 aliphatic rings. The maximum absolute atomic E-state index is 9.42. The Balaban J connectivity index is 1.74. The maximum Gasteiger partial charge on any atom is 0.134 e. The highest BCUT2D eigenvalue weighted by Crippen LogP contribution is 2.25. The summed E-state index contributed by atoms with van der Waals surface area (Å²) in [5.41, 5.74) is 0. The largest absolute Gasteiger partial charge is 0.396 e. The van der Waals surface area contributed by atoms with Crippen LogP contribution in [-0.2, 0) is 19.4 Å². The lowest BCUT2D eigenvalue weighted by molar-refractivity contribution is 0.108. The van der Waals surface area contributed by atoms with Crippen LogP contribution in [0.3, 0.4) is 0 Å². The van der Waals surface area contributed by atoms with E-state index >= 15 is 0 Å². The van der Waals surface area contributed by atoms with Gasteiger partial charge >= 0.3 is 0 Å². The first-order valence-corrected chi connectivity index (χ1v) is 8.46. The van der Waals surface area contributed by atoms with Gasteiger partial charge in [-0.05, 0) is 39.7 Å². The average Bonchev–Trinajstić information content (AvgIpc) is 2.90. The van der Waals surface area contributed by atoms with Crippen LogP contribution >= 0.6 is 0 Å². The molecule has 0 radical (unpaired) electrons. The van der Waals surface area contributed by atoms with Gasteiger partial charge in [0.25, 0.3) is 0 Å². The lowest BCUT2D eigenvalue weighted by Gasteiger charge is -2.38. The minimum Gasteiger partial charge on any atom is -0.396 e. The van der Waals surface area contributed by atoms with Crippen molar-refractivity contribution in [1.82, 2.24) is 19.7 Å². The molecule has 3 heterocycles. The number of fused-ring (bicyclic) bond motifs is 1. The highest BCUT2D eigenvalue weighted by atomic mass is 16.3. The van der Waals surface area contributed by atoms with Crippen molar-refractivity contribution >= 4 is 0 Å². The number of aliphatic hydroxyl groups excluding tert-OH is 1. The van der Waals surface area contributed by atoms with E-state index in [0.29, 0.717) is 18.0 Å². The van der Waals surface area contributed by atoms with E-state index in [2.05, 4.69) is 33.5 Å². The fourth-order valence-electron chi connectivity index (χ4n) is 3.88. The molecule has 2 unspecified atom stereocenters. The molecule has 3 rings (SSSR count). The Morgan fingerprint density at radius 3 is 2.86 bits per heavy atom. The molecule has 21 heavy (non-hydrogen) atoms. The van der Waals surface area contributed by atoms with E-state index < -0.39 is 0 Å². The van der Waals surface area contributed by atoms with Gasteiger partial charge in [0, 0.05) is 44.0 Å². The first-order valence-electron chi connectivity index (χ1n) is 8.46. The molecule has 0 amide bonds. The van der Waals surface area contributed by atoms with E-state index in [1.165, 1.54) is 25.8 Å². The summed E-state index contributed by atoms with van der Waals surface area (Å²) in [5.74, 6) is 2.61. The molecule has 118 valence electrons. The van der Waals surface area contributed by atoms with Crippen LogP contribution in [0.25, 0.3) is 0 Å². The van der Waals surface area contributed by atoms with Crippen molar-refractivity contribution in [3.05, 3.63) is 11.6 Å². The maximum atomic E-state index is 9.42. The summed E-state index contributed by atoms with van der Waals surface area (Å²) in [5, 5.41) is 18.3. The highest BCUT2D eigenvalue weighted by molar-refractivity contribution is 5.02. The Morgan fingerprint density at radius 2 is 2.10 bits per heavy atom. The topological polar surface area (TPSA) is 54.2 Å². The first-order chi connectivity index (χ1) is 10.2. The van der Waals surface area contributed by atoms with Crippen molar-refractivity contribution in [2.24, 2.45) is 5.92 Å². The number of aliphatic hydroxyl groups is 1. The van der Waals surface area contributed by atoms with Gasteiger partial charge in [-0.1, -0.05) is 6.42 Å². The molecule has 1 saturated heterocycles. The van der Waals surface area contributed by atoms with Gasteiger partial charge < -0.3 is 9.67 Å². The van der Waals surface area contributed by atoms with Gasteiger partial charge in [0.05, 0.1) is 0 Å². The number of piperidine rings is 1. The fourth-order valence-corrected chi connectivity index (χ4v) is 3.88. The number of aromatic nitrogens is 3. The number of aryl methyl sites for hydroxylation is 1. The monoisotopic (exact) mass is 292 g/mol. The van der Waals surface area contributed by atoms with Crippen LogP contribution in [0.5, 0.6) is 0 Å². The standard InChI is InChI=1S/C16H28N4O/c1-12(2)19-8-4-3-5-14(19)9-16-18-17-15-7-6-13(11-21)10-20(15)16/h12-14,21H,3-11H2,1-2H3. The quantitative estimate of drug-likeness (QED) is 0.916. The van der Waals surface area contributed by atoms with Gasteiger partial charge in [0.15, 0.2) is 0 Å². The van der Waals surface area contributed by atoms with Gasteiger partial charge in [-0.2, -0.15) is 0 Å². The van der Waals surface area contributed by atoms with Gasteiger partial charge in [-0.15, -0.1) is 10.2 Å². The Labute approximate surface area is 127 Å². The van der Waals surface area contributed by atoms with E-state index in [1.807, 2.05) is 0 Å². The van der Waals surface area contributed by atoms with Crippen molar-refractivity contribution < 1.29 is 5.11 Å². The van der Waals surface area contributed by atoms with Crippen molar-refractivity contribution in [3.63, 3.8) is 0 Å². The molecule has 0 saturated carbocycles. The zero-order valence-corrected chi connectivity index (χ0v) is 13.3. The minimum absolute atomic E-state index is 0.276. The van der Waals surface area contributed by atoms with Crippen LogP contribution in [-0.4, -0.2) is 50.0 Å². The predicted octanol–water partition coefficient (Wildman–Crippen LogP) is 1.64.